The minimum atomic E-state index is -1.36. The van der Waals surface area contributed by atoms with Crippen molar-refractivity contribution in [3.8, 4) is 0 Å². The summed E-state index contributed by atoms with van der Waals surface area (Å²) in [6, 6.07) is 0. The number of hydrogen-bond acceptors (Lipinski definition) is 2. The van der Waals surface area contributed by atoms with E-state index < -0.39 is 5.43 Å². The fraction of sp³-hybridized carbons (Fsp3) is 0. The van der Waals surface area contributed by atoms with Crippen LogP contribution in [0.25, 0.3) is 0 Å². The standard InChI is InChI=1S/CHClO2.CH2O2/c2-1(3)4;2-1-3/h(H,3,4);1H,(H,2,3). The van der Waals surface area contributed by atoms with Crippen LogP contribution in [0.4, 0.5) is 4.79 Å². The van der Waals surface area contributed by atoms with E-state index in [1.165, 1.54) is 0 Å². The normalized spacial score (nSPS) is 5.29. The predicted octanol–water partition coefficient (Wildman–Crippen LogP) is 0.604. The van der Waals surface area contributed by atoms with Gasteiger partial charge in [-0.2, -0.15) is 0 Å². The van der Waals surface area contributed by atoms with Crippen LogP contribution in [0.3, 0.4) is 0 Å². The van der Waals surface area contributed by atoms with Gasteiger partial charge in [-0.15, -0.1) is 0 Å². The minimum Gasteiger partial charge on any atom is -0.483 e. The lowest BCUT2D eigenvalue weighted by Crippen LogP contribution is -1.66. The van der Waals surface area contributed by atoms with Crippen molar-refractivity contribution in [1.29, 1.82) is 0 Å². The van der Waals surface area contributed by atoms with Crippen molar-refractivity contribution in [2.75, 3.05) is 0 Å². The maximum absolute atomic E-state index is 8.77. The smallest absolute Gasteiger partial charge is 0.401 e. The Morgan fingerprint density at radius 3 is 1.71 bits per heavy atom. The molecule has 0 rings (SSSR count). The van der Waals surface area contributed by atoms with E-state index in [9.17, 15) is 0 Å². The van der Waals surface area contributed by atoms with Crippen LogP contribution in [-0.2, 0) is 4.79 Å². The van der Waals surface area contributed by atoms with Crippen LogP contribution in [0.1, 0.15) is 0 Å². The summed E-state index contributed by atoms with van der Waals surface area (Å²) in [4.78, 5) is 17.1. The van der Waals surface area contributed by atoms with Gasteiger partial charge in [0.05, 0.1) is 0 Å². The van der Waals surface area contributed by atoms with Gasteiger partial charge < -0.3 is 10.2 Å². The summed E-state index contributed by atoms with van der Waals surface area (Å²) in [6.45, 7) is -0.250. The second kappa shape index (κ2) is 8.97. The van der Waals surface area contributed by atoms with Crippen LogP contribution < -0.4 is 0 Å². The second-order valence-electron chi connectivity index (χ2n) is 0.358. The van der Waals surface area contributed by atoms with Gasteiger partial charge in [0, 0.05) is 11.6 Å². The third-order valence-electron chi connectivity index (χ3n) is 0. The maximum atomic E-state index is 8.77. The highest BCUT2D eigenvalue weighted by Crippen LogP contribution is 1.67. The molecular formula is C2H3ClO4. The first-order valence-corrected chi connectivity index (χ1v) is 1.49. The molecule has 0 radical (unpaired) electrons. The molecule has 0 amide bonds. The Hall–Kier alpha value is -0.770. The minimum absolute atomic E-state index is 0.250. The maximum Gasteiger partial charge on any atom is 0.401 e. The third kappa shape index (κ3) is 92.0. The van der Waals surface area contributed by atoms with Crippen LogP contribution in [-0.4, -0.2) is 22.1 Å². The Balaban J connectivity index is 0. The van der Waals surface area contributed by atoms with Gasteiger partial charge in [0.2, 0.25) is 0 Å². The molecule has 0 fully saturated rings. The number of halogens is 1. The van der Waals surface area contributed by atoms with E-state index in [0.29, 0.717) is 0 Å². The summed E-state index contributed by atoms with van der Waals surface area (Å²) in [5, 5.41) is 14.1. The van der Waals surface area contributed by atoms with E-state index in [1.54, 1.807) is 0 Å². The SMILES string of the molecule is O=C(O)Cl.O=CO. The quantitative estimate of drug-likeness (QED) is 0.368. The molecule has 0 aromatic carbocycles. The molecule has 0 aliphatic rings. The highest BCUT2D eigenvalue weighted by molar-refractivity contribution is 6.60. The van der Waals surface area contributed by atoms with Crippen LogP contribution >= 0.6 is 11.6 Å². The van der Waals surface area contributed by atoms with Crippen molar-refractivity contribution in [2.45, 2.75) is 0 Å². The third-order valence-corrected chi connectivity index (χ3v) is 0. The molecule has 42 valence electrons. The molecule has 0 heterocycles. The second-order valence-corrected chi connectivity index (χ2v) is 0.682. The topological polar surface area (TPSA) is 74.6 Å². The lowest BCUT2D eigenvalue weighted by Gasteiger charge is -1.55. The Labute approximate surface area is 44.3 Å². The number of carboxylic acid groups (broad SMARTS) is 2. The molecule has 0 bridgehead atoms. The molecule has 0 aliphatic heterocycles. The summed E-state index contributed by atoms with van der Waals surface area (Å²) in [6.07, 6.45) is 0. The van der Waals surface area contributed by atoms with E-state index in [-0.39, 0.29) is 6.47 Å². The summed E-state index contributed by atoms with van der Waals surface area (Å²) < 4.78 is 0. The molecule has 5 heteroatoms. The number of hydrogen-bond donors (Lipinski definition) is 2. The van der Waals surface area contributed by atoms with Gasteiger partial charge >= 0.3 is 5.43 Å². The first-order valence-electron chi connectivity index (χ1n) is 1.11. The lowest BCUT2D eigenvalue weighted by molar-refractivity contribution is -0.122. The van der Waals surface area contributed by atoms with Gasteiger partial charge in [-0.1, -0.05) is 0 Å². The molecule has 0 atom stereocenters. The monoisotopic (exact) mass is 126 g/mol. The molecular weight excluding hydrogens is 123 g/mol. The Morgan fingerprint density at radius 1 is 1.71 bits per heavy atom. The van der Waals surface area contributed by atoms with Crippen molar-refractivity contribution in [3.63, 3.8) is 0 Å². The average molecular weight is 126 g/mol. The van der Waals surface area contributed by atoms with Gasteiger partial charge in [0.15, 0.2) is 0 Å². The van der Waals surface area contributed by atoms with Crippen molar-refractivity contribution in [2.24, 2.45) is 0 Å². The van der Waals surface area contributed by atoms with E-state index in [1.807, 2.05) is 0 Å². The molecule has 0 aromatic rings. The fourth-order valence-corrected chi connectivity index (χ4v) is 0. The summed E-state index contributed by atoms with van der Waals surface area (Å²) in [5.74, 6) is 0. The van der Waals surface area contributed by atoms with E-state index in [4.69, 9.17) is 19.8 Å². The summed E-state index contributed by atoms with van der Waals surface area (Å²) >= 11 is 4.19. The average Bonchev–Trinajstić information content (AvgIpc) is 1.33. The molecule has 0 aliphatic carbocycles. The highest BCUT2D eigenvalue weighted by Gasteiger charge is 1.71. The van der Waals surface area contributed by atoms with E-state index >= 15 is 0 Å². The van der Waals surface area contributed by atoms with Gasteiger partial charge in [0.25, 0.3) is 6.47 Å². The molecule has 4 nitrogen and oxygen atoms in total. The lowest BCUT2D eigenvalue weighted by atomic mass is 11.6. The molecule has 0 spiro atoms. The largest absolute Gasteiger partial charge is 0.483 e. The molecule has 0 aromatic heterocycles. The molecule has 7 heavy (non-hydrogen) atoms. The first kappa shape index (κ1) is 9.52. The zero-order chi connectivity index (χ0) is 6.28. The van der Waals surface area contributed by atoms with Gasteiger partial charge in [-0.05, 0) is 0 Å². The zero-order valence-electron chi connectivity index (χ0n) is 3.17. The predicted molar refractivity (Wildman–Crippen MR) is 22.6 cm³/mol. The molecule has 2 N–H and O–H groups in total. The zero-order valence-corrected chi connectivity index (χ0v) is 3.92. The Bertz CT molecular complexity index is 56.7. The van der Waals surface area contributed by atoms with E-state index in [0.717, 1.165) is 0 Å². The van der Waals surface area contributed by atoms with Crippen molar-refractivity contribution < 1.29 is 19.8 Å². The van der Waals surface area contributed by atoms with Gasteiger partial charge in [-0.25, -0.2) is 4.79 Å². The number of carbonyl (C=O) groups is 2. The fourth-order valence-electron chi connectivity index (χ4n) is 0. The van der Waals surface area contributed by atoms with Gasteiger partial charge in [-0.3, -0.25) is 4.79 Å². The summed E-state index contributed by atoms with van der Waals surface area (Å²) in [7, 11) is 0. The van der Waals surface area contributed by atoms with Crippen LogP contribution in [0, 0.1) is 0 Å². The van der Waals surface area contributed by atoms with Crippen LogP contribution in [0.2, 0.25) is 0 Å². The molecule has 0 saturated heterocycles. The van der Waals surface area contributed by atoms with Crippen LogP contribution in [0.5, 0.6) is 0 Å². The van der Waals surface area contributed by atoms with Crippen molar-refractivity contribution in [3.05, 3.63) is 0 Å². The summed E-state index contributed by atoms with van der Waals surface area (Å²) in [5.41, 5.74) is -1.36. The van der Waals surface area contributed by atoms with Crippen LogP contribution in [0.15, 0.2) is 0 Å². The van der Waals surface area contributed by atoms with Gasteiger partial charge in [0.1, 0.15) is 0 Å². The Kier molecular flexibility index (Phi) is 12.2. The van der Waals surface area contributed by atoms with E-state index in [2.05, 4.69) is 11.6 Å². The van der Waals surface area contributed by atoms with Crippen molar-refractivity contribution in [1.82, 2.24) is 0 Å². The molecule has 0 unspecified atom stereocenters. The molecule has 0 saturated carbocycles. The van der Waals surface area contributed by atoms with Crippen molar-refractivity contribution >= 4 is 23.5 Å². The first-order chi connectivity index (χ1) is 3.15. The Morgan fingerprint density at radius 2 is 1.71 bits per heavy atom. The number of rotatable bonds is 0. The highest BCUT2D eigenvalue weighted by atomic mass is 35.5.